The van der Waals surface area contributed by atoms with Crippen LogP contribution < -0.4 is 9.64 Å². The maximum Gasteiger partial charge on any atom is 0.573 e. The summed E-state index contributed by atoms with van der Waals surface area (Å²) in [7, 11) is 1.44. The average molecular weight is 347 g/mol. The summed E-state index contributed by atoms with van der Waals surface area (Å²) in [6, 6.07) is 12.2. The average Bonchev–Trinajstić information content (AvgIpc) is 2.59. The Kier molecular flexibility index (Phi) is 4.26. The normalized spacial score (nSPS) is 11.4. The molecule has 0 bridgehead atoms. The first kappa shape index (κ1) is 16.7. The number of ether oxygens (including phenoxy) is 1. The van der Waals surface area contributed by atoms with Crippen molar-refractivity contribution < 1.29 is 22.7 Å². The molecule has 0 saturated heterocycles. The van der Waals surface area contributed by atoms with Gasteiger partial charge in [0.15, 0.2) is 0 Å². The molecule has 0 atom stereocenters. The largest absolute Gasteiger partial charge is 0.573 e. The zero-order chi connectivity index (χ0) is 18.0. The van der Waals surface area contributed by atoms with Crippen molar-refractivity contribution in [3.05, 3.63) is 60.4 Å². The zero-order valence-corrected chi connectivity index (χ0v) is 13.0. The van der Waals surface area contributed by atoms with Crippen molar-refractivity contribution in [3.8, 4) is 5.75 Å². The van der Waals surface area contributed by atoms with Crippen molar-refractivity contribution in [1.82, 2.24) is 9.97 Å². The van der Waals surface area contributed by atoms with E-state index < -0.39 is 18.0 Å². The maximum atomic E-state index is 12.5. The van der Waals surface area contributed by atoms with Gasteiger partial charge in [-0.3, -0.25) is 9.78 Å². The highest BCUT2D eigenvalue weighted by Gasteiger charge is 2.31. The molecule has 5 nitrogen and oxygen atoms in total. The molecule has 0 aliphatic heterocycles. The van der Waals surface area contributed by atoms with E-state index in [2.05, 4.69) is 14.7 Å². The number of anilines is 1. The maximum absolute atomic E-state index is 12.5. The molecule has 1 heterocycles. The summed E-state index contributed by atoms with van der Waals surface area (Å²) in [5.41, 5.74) is 1.52. The summed E-state index contributed by atoms with van der Waals surface area (Å²) >= 11 is 0. The molecule has 0 N–H and O–H groups in total. The number of amides is 1. The predicted molar refractivity (Wildman–Crippen MR) is 85.4 cm³/mol. The van der Waals surface area contributed by atoms with Crippen LogP contribution in [0.5, 0.6) is 5.75 Å². The van der Waals surface area contributed by atoms with Gasteiger partial charge in [-0.25, -0.2) is 4.98 Å². The molecule has 3 aromatic rings. The molecule has 128 valence electrons. The van der Waals surface area contributed by atoms with E-state index in [4.69, 9.17) is 0 Å². The van der Waals surface area contributed by atoms with E-state index in [1.54, 1.807) is 24.3 Å². The molecule has 0 fully saturated rings. The SMILES string of the molecule is CN(C(=O)c1cnc2ccccc2n1)c1cccc(OC(F)(F)F)c1. The number of hydrogen-bond acceptors (Lipinski definition) is 4. The van der Waals surface area contributed by atoms with E-state index in [1.807, 2.05) is 0 Å². The molecule has 1 amide bonds. The lowest BCUT2D eigenvalue weighted by molar-refractivity contribution is -0.274. The Balaban J connectivity index is 1.87. The zero-order valence-electron chi connectivity index (χ0n) is 13.0. The van der Waals surface area contributed by atoms with Crippen LogP contribution in [-0.4, -0.2) is 29.3 Å². The standard InChI is InChI=1S/C17H12F3N3O2/c1-23(11-5-4-6-12(9-11)25-17(18,19)20)16(24)15-10-21-13-7-2-3-8-14(13)22-15/h2-10H,1H3. The van der Waals surface area contributed by atoms with Gasteiger partial charge in [-0.1, -0.05) is 18.2 Å². The number of aromatic nitrogens is 2. The second kappa shape index (κ2) is 6.39. The Morgan fingerprint density at radius 1 is 1.08 bits per heavy atom. The number of hydrogen-bond donors (Lipinski definition) is 0. The van der Waals surface area contributed by atoms with Crippen LogP contribution in [0.2, 0.25) is 0 Å². The molecular weight excluding hydrogens is 335 g/mol. The highest BCUT2D eigenvalue weighted by molar-refractivity contribution is 6.05. The van der Waals surface area contributed by atoms with Gasteiger partial charge in [0, 0.05) is 18.8 Å². The molecule has 0 radical (unpaired) electrons. The smallest absolute Gasteiger partial charge is 0.406 e. The van der Waals surface area contributed by atoms with Gasteiger partial charge < -0.3 is 9.64 Å². The summed E-state index contributed by atoms with van der Waals surface area (Å²) < 4.78 is 40.8. The minimum absolute atomic E-state index is 0.0864. The number of halogens is 3. The van der Waals surface area contributed by atoms with Crippen LogP contribution in [0.25, 0.3) is 11.0 Å². The van der Waals surface area contributed by atoms with Crippen LogP contribution in [0.1, 0.15) is 10.5 Å². The first-order chi connectivity index (χ1) is 11.8. The highest BCUT2D eigenvalue weighted by Crippen LogP contribution is 2.27. The van der Waals surface area contributed by atoms with E-state index in [0.717, 1.165) is 12.1 Å². The van der Waals surface area contributed by atoms with E-state index in [-0.39, 0.29) is 11.4 Å². The van der Waals surface area contributed by atoms with Gasteiger partial charge in [0.1, 0.15) is 11.4 Å². The summed E-state index contributed by atoms with van der Waals surface area (Å²) in [5.74, 6) is -0.906. The molecule has 25 heavy (non-hydrogen) atoms. The first-order valence-electron chi connectivity index (χ1n) is 7.19. The molecule has 3 rings (SSSR count). The molecule has 8 heteroatoms. The third-order valence-electron chi connectivity index (χ3n) is 3.41. The Labute approximate surface area is 140 Å². The Hall–Kier alpha value is -3.16. The van der Waals surface area contributed by atoms with Gasteiger partial charge >= 0.3 is 6.36 Å². The lowest BCUT2D eigenvalue weighted by Gasteiger charge is -2.18. The molecule has 1 aromatic heterocycles. The van der Waals surface area contributed by atoms with Crippen LogP contribution in [0.3, 0.4) is 0 Å². The summed E-state index contributed by atoms with van der Waals surface area (Å²) in [6.07, 6.45) is -3.47. The lowest BCUT2D eigenvalue weighted by Crippen LogP contribution is -2.27. The highest BCUT2D eigenvalue weighted by atomic mass is 19.4. The number of benzene rings is 2. The molecule has 2 aromatic carbocycles. The van der Waals surface area contributed by atoms with Crippen molar-refractivity contribution in [2.24, 2.45) is 0 Å². The topological polar surface area (TPSA) is 55.3 Å². The number of carbonyl (C=O) groups is 1. The number of para-hydroxylation sites is 2. The van der Waals surface area contributed by atoms with Crippen molar-refractivity contribution in [1.29, 1.82) is 0 Å². The third kappa shape index (κ3) is 3.85. The number of rotatable bonds is 3. The Morgan fingerprint density at radius 2 is 1.80 bits per heavy atom. The van der Waals surface area contributed by atoms with E-state index in [0.29, 0.717) is 11.0 Å². The fraction of sp³-hybridized carbons (Fsp3) is 0.118. The summed E-state index contributed by atoms with van der Waals surface area (Å²) in [6.45, 7) is 0. The third-order valence-corrected chi connectivity index (χ3v) is 3.41. The van der Waals surface area contributed by atoms with Gasteiger partial charge in [0.25, 0.3) is 5.91 Å². The van der Waals surface area contributed by atoms with Gasteiger partial charge in [0.2, 0.25) is 0 Å². The molecule has 0 spiro atoms. The van der Waals surface area contributed by atoms with Gasteiger partial charge in [-0.2, -0.15) is 0 Å². The fourth-order valence-corrected chi connectivity index (χ4v) is 2.24. The quantitative estimate of drug-likeness (QED) is 0.723. The van der Waals surface area contributed by atoms with E-state index in [9.17, 15) is 18.0 Å². The van der Waals surface area contributed by atoms with Gasteiger partial charge in [-0.05, 0) is 24.3 Å². The van der Waals surface area contributed by atoms with E-state index in [1.165, 1.54) is 30.3 Å². The predicted octanol–water partition coefficient (Wildman–Crippen LogP) is 3.81. The fourth-order valence-electron chi connectivity index (χ4n) is 2.24. The molecular formula is C17H12F3N3O2. The van der Waals surface area contributed by atoms with Crippen LogP contribution >= 0.6 is 0 Å². The van der Waals surface area contributed by atoms with Crippen molar-refractivity contribution in [2.75, 3.05) is 11.9 Å². The first-order valence-corrected chi connectivity index (χ1v) is 7.19. The molecule has 0 aliphatic carbocycles. The Morgan fingerprint density at radius 3 is 2.52 bits per heavy atom. The monoisotopic (exact) mass is 347 g/mol. The van der Waals surface area contributed by atoms with Crippen LogP contribution in [0.4, 0.5) is 18.9 Å². The second-order valence-electron chi connectivity index (χ2n) is 5.15. The van der Waals surface area contributed by atoms with Crippen LogP contribution in [-0.2, 0) is 0 Å². The van der Waals surface area contributed by atoms with Gasteiger partial charge in [-0.15, -0.1) is 13.2 Å². The molecule has 0 aliphatic rings. The number of alkyl halides is 3. The number of nitrogens with zero attached hydrogens (tertiary/aromatic N) is 3. The summed E-state index contributed by atoms with van der Waals surface area (Å²) in [5, 5.41) is 0. The molecule has 0 unspecified atom stereocenters. The van der Waals surface area contributed by atoms with Crippen molar-refractivity contribution in [3.63, 3.8) is 0 Å². The Bertz CT molecular complexity index is 928. The molecule has 0 saturated carbocycles. The number of fused-ring (bicyclic) bond motifs is 1. The van der Waals surface area contributed by atoms with Crippen LogP contribution in [0.15, 0.2) is 54.7 Å². The summed E-state index contributed by atoms with van der Waals surface area (Å²) in [4.78, 5) is 22.1. The second-order valence-corrected chi connectivity index (χ2v) is 5.15. The van der Waals surface area contributed by atoms with E-state index >= 15 is 0 Å². The van der Waals surface area contributed by atoms with Gasteiger partial charge in [0.05, 0.1) is 17.2 Å². The number of carbonyl (C=O) groups excluding carboxylic acids is 1. The van der Waals surface area contributed by atoms with Crippen molar-refractivity contribution in [2.45, 2.75) is 6.36 Å². The van der Waals surface area contributed by atoms with Crippen molar-refractivity contribution >= 4 is 22.6 Å². The minimum Gasteiger partial charge on any atom is -0.406 e. The minimum atomic E-state index is -4.80. The lowest BCUT2D eigenvalue weighted by atomic mass is 10.2. The van der Waals surface area contributed by atoms with Crippen LogP contribution in [0, 0.1) is 0 Å².